The van der Waals surface area contributed by atoms with Crippen LogP contribution in [0.25, 0.3) is 0 Å². The maximum Gasteiger partial charge on any atom is 0.0613 e. The second-order valence-corrected chi connectivity index (χ2v) is 4.13. The molecule has 0 unspecified atom stereocenters. The van der Waals surface area contributed by atoms with Crippen LogP contribution in [0.4, 0.5) is 0 Å². The van der Waals surface area contributed by atoms with Gasteiger partial charge in [-0.25, -0.2) is 0 Å². The zero-order chi connectivity index (χ0) is 9.68. The molecule has 1 saturated carbocycles. The van der Waals surface area contributed by atoms with Crippen molar-refractivity contribution in [3.05, 3.63) is 0 Å². The molecule has 1 rings (SSSR count). The van der Waals surface area contributed by atoms with Gasteiger partial charge >= 0.3 is 0 Å². The third-order valence-electron chi connectivity index (χ3n) is 2.71. The fraction of sp³-hybridized carbons (Fsp3) is 1.00. The summed E-state index contributed by atoms with van der Waals surface area (Å²) in [6.45, 7) is 2.96. The molecule has 3 N–H and O–H groups in total. The van der Waals surface area contributed by atoms with Crippen molar-refractivity contribution < 1.29 is 4.74 Å². The summed E-state index contributed by atoms with van der Waals surface area (Å²) in [5.41, 5.74) is 5.83. The summed E-state index contributed by atoms with van der Waals surface area (Å²) < 4.78 is 5.08. The molecule has 3 heteroatoms. The molecule has 0 aromatic heterocycles. The number of rotatable bonds is 4. The maximum atomic E-state index is 5.83. The highest BCUT2D eigenvalue weighted by Gasteiger charge is 2.19. The Bertz CT molecular complexity index is 133. The Balaban J connectivity index is 2.14. The average molecular weight is 186 g/mol. The van der Waals surface area contributed by atoms with Crippen LogP contribution in [-0.2, 0) is 4.74 Å². The van der Waals surface area contributed by atoms with Crippen molar-refractivity contribution >= 4 is 0 Å². The van der Waals surface area contributed by atoms with E-state index < -0.39 is 0 Å². The van der Waals surface area contributed by atoms with Crippen LogP contribution in [0.5, 0.6) is 0 Å². The van der Waals surface area contributed by atoms with Crippen LogP contribution in [0.2, 0.25) is 0 Å². The number of ether oxygens (including phenoxy) is 1. The largest absolute Gasteiger partial charge is 0.383 e. The summed E-state index contributed by atoms with van der Waals surface area (Å²) in [7, 11) is 1.75. The topological polar surface area (TPSA) is 47.3 Å². The first-order valence-electron chi connectivity index (χ1n) is 5.23. The molecule has 0 radical (unpaired) electrons. The fourth-order valence-corrected chi connectivity index (χ4v) is 1.99. The lowest BCUT2D eigenvalue weighted by Crippen LogP contribution is -2.43. The van der Waals surface area contributed by atoms with Crippen molar-refractivity contribution in [1.82, 2.24) is 5.32 Å². The highest BCUT2D eigenvalue weighted by atomic mass is 16.5. The van der Waals surface area contributed by atoms with Crippen LogP contribution in [0, 0.1) is 0 Å². The summed E-state index contributed by atoms with van der Waals surface area (Å²) in [5.74, 6) is 0. The van der Waals surface area contributed by atoms with E-state index in [-0.39, 0.29) is 0 Å². The number of hydrogen-bond donors (Lipinski definition) is 2. The van der Waals surface area contributed by atoms with E-state index in [1.165, 1.54) is 12.8 Å². The molecule has 0 aromatic carbocycles. The predicted molar refractivity (Wildman–Crippen MR) is 54.7 cm³/mol. The Morgan fingerprint density at radius 3 is 2.54 bits per heavy atom. The lowest BCUT2D eigenvalue weighted by atomic mass is 9.91. The summed E-state index contributed by atoms with van der Waals surface area (Å²) >= 11 is 0. The number of nitrogens with two attached hydrogens (primary N) is 1. The lowest BCUT2D eigenvalue weighted by Gasteiger charge is -2.29. The third kappa shape index (κ3) is 4.07. The summed E-state index contributed by atoms with van der Waals surface area (Å²) in [5, 5.41) is 3.56. The first kappa shape index (κ1) is 11.0. The van der Waals surface area contributed by atoms with E-state index in [2.05, 4.69) is 12.2 Å². The van der Waals surface area contributed by atoms with Gasteiger partial charge in [0.15, 0.2) is 0 Å². The minimum Gasteiger partial charge on any atom is -0.383 e. The monoisotopic (exact) mass is 186 g/mol. The Kier molecular flexibility index (Phi) is 4.70. The van der Waals surface area contributed by atoms with Crippen molar-refractivity contribution in [2.75, 3.05) is 13.7 Å². The van der Waals surface area contributed by atoms with Gasteiger partial charge < -0.3 is 15.8 Å². The SMILES string of the molecule is COC[C@H](C)N[C@H]1CC[C@H](N)CC1. The number of nitrogens with one attached hydrogen (secondary N) is 1. The first-order valence-corrected chi connectivity index (χ1v) is 5.23. The van der Waals surface area contributed by atoms with E-state index in [1.807, 2.05) is 0 Å². The maximum absolute atomic E-state index is 5.83. The van der Waals surface area contributed by atoms with Gasteiger partial charge in [-0.2, -0.15) is 0 Å². The van der Waals surface area contributed by atoms with Crippen LogP contribution >= 0.6 is 0 Å². The van der Waals surface area contributed by atoms with Gasteiger partial charge in [-0.1, -0.05) is 0 Å². The third-order valence-corrected chi connectivity index (χ3v) is 2.71. The molecule has 0 heterocycles. The van der Waals surface area contributed by atoms with E-state index in [1.54, 1.807) is 7.11 Å². The van der Waals surface area contributed by atoms with E-state index >= 15 is 0 Å². The van der Waals surface area contributed by atoms with E-state index in [4.69, 9.17) is 10.5 Å². The molecule has 0 spiro atoms. The molecule has 1 fully saturated rings. The molecule has 0 bridgehead atoms. The second kappa shape index (κ2) is 5.58. The van der Waals surface area contributed by atoms with Crippen LogP contribution in [0.15, 0.2) is 0 Å². The van der Waals surface area contributed by atoms with Crippen molar-refractivity contribution in [3.63, 3.8) is 0 Å². The zero-order valence-electron chi connectivity index (χ0n) is 8.75. The highest BCUT2D eigenvalue weighted by Crippen LogP contribution is 2.17. The highest BCUT2D eigenvalue weighted by molar-refractivity contribution is 4.80. The van der Waals surface area contributed by atoms with Crippen molar-refractivity contribution in [2.45, 2.75) is 50.7 Å². The second-order valence-electron chi connectivity index (χ2n) is 4.13. The van der Waals surface area contributed by atoms with E-state index in [0.717, 1.165) is 19.4 Å². The average Bonchev–Trinajstić information content (AvgIpc) is 2.09. The molecule has 0 saturated heterocycles. The predicted octanol–water partition coefficient (Wildman–Crippen LogP) is 0.881. The smallest absolute Gasteiger partial charge is 0.0613 e. The van der Waals surface area contributed by atoms with Crippen molar-refractivity contribution in [3.8, 4) is 0 Å². The minimum absolute atomic E-state index is 0.441. The minimum atomic E-state index is 0.441. The van der Waals surface area contributed by atoms with Crippen LogP contribution in [0.3, 0.4) is 0 Å². The standard InChI is InChI=1S/C10H22N2O/c1-8(7-13-2)12-10-5-3-9(11)4-6-10/h8-10,12H,3-7,11H2,1-2H3/t8-,9-,10-/m0/s1. The van der Waals surface area contributed by atoms with E-state index in [0.29, 0.717) is 18.1 Å². The molecule has 13 heavy (non-hydrogen) atoms. The van der Waals surface area contributed by atoms with Gasteiger partial charge in [-0.05, 0) is 32.6 Å². The van der Waals surface area contributed by atoms with Gasteiger partial charge in [0, 0.05) is 25.2 Å². The van der Waals surface area contributed by atoms with Crippen molar-refractivity contribution in [2.24, 2.45) is 5.73 Å². The Labute approximate surface area is 81.0 Å². The molecule has 1 aliphatic carbocycles. The summed E-state index contributed by atoms with van der Waals surface area (Å²) in [6, 6.07) is 1.56. The van der Waals surface area contributed by atoms with Gasteiger partial charge in [-0.15, -0.1) is 0 Å². The Morgan fingerprint density at radius 2 is 2.00 bits per heavy atom. The molecule has 1 aliphatic rings. The molecule has 78 valence electrons. The van der Waals surface area contributed by atoms with Crippen LogP contribution < -0.4 is 11.1 Å². The van der Waals surface area contributed by atoms with Crippen LogP contribution in [0.1, 0.15) is 32.6 Å². The Hall–Kier alpha value is -0.120. The Morgan fingerprint density at radius 1 is 1.38 bits per heavy atom. The molecule has 0 aliphatic heterocycles. The van der Waals surface area contributed by atoms with Gasteiger partial charge in [0.05, 0.1) is 6.61 Å². The van der Waals surface area contributed by atoms with Crippen LogP contribution in [-0.4, -0.2) is 31.8 Å². The first-order chi connectivity index (χ1) is 6.22. The van der Waals surface area contributed by atoms with E-state index in [9.17, 15) is 0 Å². The van der Waals surface area contributed by atoms with Gasteiger partial charge in [0.25, 0.3) is 0 Å². The molecule has 3 nitrogen and oxygen atoms in total. The molecule has 1 atom stereocenters. The summed E-state index contributed by atoms with van der Waals surface area (Å²) in [6.07, 6.45) is 4.76. The number of methoxy groups -OCH3 is 1. The molecular formula is C10H22N2O. The van der Waals surface area contributed by atoms with Gasteiger partial charge in [0.1, 0.15) is 0 Å². The molecule has 0 amide bonds. The molecule has 0 aromatic rings. The molecular weight excluding hydrogens is 164 g/mol. The normalized spacial score (nSPS) is 31.6. The lowest BCUT2D eigenvalue weighted by molar-refractivity contribution is 0.161. The van der Waals surface area contributed by atoms with Gasteiger partial charge in [-0.3, -0.25) is 0 Å². The zero-order valence-corrected chi connectivity index (χ0v) is 8.75. The van der Waals surface area contributed by atoms with Crippen molar-refractivity contribution in [1.29, 1.82) is 0 Å². The fourth-order valence-electron chi connectivity index (χ4n) is 1.99. The van der Waals surface area contributed by atoms with Gasteiger partial charge in [0.2, 0.25) is 0 Å². The summed E-state index contributed by atoms with van der Waals surface area (Å²) in [4.78, 5) is 0. The number of hydrogen-bond acceptors (Lipinski definition) is 3. The quantitative estimate of drug-likeness (QED) is 0.685.